The lowest BCUT2D eigenvalue weighted by Crippen LogP contribution is -2.18. The molecule has 0 aromatic heterocycles. The van der Waals surface area contributed by atoms with Crippen LogP contribution in [0, 0.1) is 0 Å². The molecule has 0 spiro atoms. The largest absolute Gasteiger partial charge is 0.483 e. The van der Waals surface area contributed by atoms with E-state index < -0.39 is 0 Å². The summed E-state index contributed by atoms with van der Waals surface area (Å²) in [5.41, 5.74) is 5.30. The molecule has 0 aliphatic rings. The van der Waals surface area contributed by atoms with Gasteiger partial charge < -0.3 is 21.3 Å². The molecular weight excluding hydrogens is 172 g/mol. The third kappa shape index (κ3) is 24.6. The predicted molar refractivity (Wildman–Crippen MR) is 51.6 cm³/mol. The highest BCUT2D eigenvalue weighted by Gasteiger charge is 1.85. The van der Waals surface area contributed by atoms with Crippen LogP contribution in [-0.2, 0) is 4.79 Å². The average molecular weight is 192 g/mol. The molecule has 0 aromatic carbocycles. The first-order valence-corrected chi connectivity index (χ1v) is 4.43. The molecule has 0 aromatic rings. The van der Waals surface area contributed by atoms with Gasteiger partial charge in [0.25, 0.3) is 6.47 Å². The first-order valence-electron chi connectivity index (χ1n) is 4.43. The van der Waals surface area contributed by atoms with Gasteiger partial charge >= 0.3 is 0 Å². The number of nitrogens with one attached hydrogen (secondary N) is 1. The topological polar surface area (TPSA) is 95.6 Å². The van der Waals surface area contributed by atoms with Gasteiger partial charge in [0.1, 0.15) is 0 Å². The minimum Gasteiger partial charge on any atom is -0.483 e. The highest BCUT2D eigenvalue weighted by atomic mass is 16.3. The van der Waals surface area contributed by atoms with E-state index in [0.717, 1.165) is 38.9 Å². The lowest BCUT2D eigenvalue weighted by atomic mass is 10.3. The van der Waals surface area contributed by atoms with Crippen LogP contribution in [0.5, 0.6) is 0 Å². The molecule has 0 saturated carbocycles. The summed E-state index contributed by atoms with van der Waals surface area (Å²) in [7, 11) is 0. The summed E-state index contributed by atoms with van der Waals surface area (Å²) in [6.45, 7) is 2.75. The van der Waals surface area contributed by atoms with Crippen LogP contribution >= 0.6 is 0 Å². The fraction of sp³-hybridized carbons (Fsp3) is 0.875. The van der Waals surface area contributed by atoms with Crippen molar-refractivity contribution in [2.75, 3.05) is 26.2 Å². The zero-order chi connectivity index (χ0) is 10.4. The second-order valence-electron chi connectivity index (χ2n) is 2.43. The van der Waals surface area contributed by atoms with Gasteiger partial charge in [-0.2, -0.15) is 0 Å². The molecule has 0 saturated heterocycles. The monoisotopic (exact) mass is 192 g/mol. The maximum atomic E-state index is 8.41. The third-order valence-electron chi connectivity index (χ3n) is 1.32. The van der Waals surface area contributed by atoms with Gasteiger partial charge in [-0.25, -0.2) is 0 Å². The summed E-state index contributed by atoms with van der Waals surface area (Å²) >= 11 is 0. The molecule has 0 heterocycles. The van der Waals surface area contributed by atoms with Gasteiger partial charge in [-0.3, -0.25) is 4.79 Å². The summed E-state index contributed by atoms with van der Waals surface area (Å²) < 4.78 is 0. The van der Waals surface area contributed by atoms with Gasteiger partial charge in [0.2, 0.25) is 0 Å². The van der Waals surface area contributed by atoms with Crippen LogP contribution in [0.15, 0.2) is 0 Å². The van der Waals surface area contributed by atoms with Gasteiger partial charge in [0.15, 0.2) is 0 Å². The van der Waals surface area contributed by atoms with Crippen molar-refractivity contribution in [1.29, 1.82) is 0 Å². The molecule has 0 radical (unpaired) electrons. The summed E-state index contributed by atoms with van der Waals surface area (Å²) in [5, 5.41) is 18.5. The highest BCUT2D eigenvalue weighted by molar-refractivity contribution is 5.32. The minimum absolute atomic E-state index is 0.250. The van der Waals surface area contributed by atoms with Gasteiger partial charge in [-0.15, -0.1) is 0 Å². The molecule has 5 heteroatoms. The van der Waals surface area contributed by atoms with Crippen LogP contribution in [0.3, 0.4) is 0 Å². The average Bonchev–Trinajstić information content (AvgIpc) is 2.13. The molecule has 0 bridgehead atoms. The van der Waals surface area contributed by atoms with Gasteiger partial charge in [0.05, 0.1) is 0 Å². The fourth-order valence-electron chi connectivity index (χ4n) is 0.723. The molecule has 5 nitrogen and oxygen atoms in total. The fourth-order valence-corrected chi connectivity index (χ4v) is 0.723. The van der Waals surface area contributed by atoms with Crippen molar-refractivity contribution in [2.45, 2.75) is 19.3 Å². The highest BCUT2D eigenvalue weighted by Crippen LogP contribution is 1.82. The first kappa shape index (κ1) is 14.9. The standard InChI is InChI=1S/C7H18N2O.CH2O2/c8-4-1-2-5-9-6-3-7-10;2-1-3/h9-10H,1-8H2;1H,(H,2,3). The Hall–Kier alpha value is -0.650. The molecule has 0 aliphatic heterocycles. The van der Waals surface area contributed by atoms with Crippen LogP contribution in [0.4, 0.5) is 0 Å². The van der Waals surface area contributed by atoms with Crippen molar-refractivity contribution >= 4 is 6.47 Å². The Morgan fingerprint density at radius 2 is 1.77 bits per heavy atom. The van der Waals surface area contributed by atoms with Gasteiger partial charge in [-0.05, 0) is 38.9 Å². The van der Waals surface area contributed by atoms with E-state index in [1.54, 1.807) is 0 Å². The Bertz CT molecular complexity index is 83.5. The van der Waals surface area contributed by atoms with E-state index in [4.69, 9.17) is 20.7 Å². The smallest absolute Gasteiger partial charge is 0.290 e. The van der Waals surface area contributed by atoms with Crippen LogP contribution < -0.4 is 11.1 Å². The number of carbonyl (C=O) groups is 1. The summed E-state index contributed by atoms with van der Waals surface area (Å²) in [6.07, 6.45) is 3.08. The molecule has 0 rings (SSSR count). The van der Waals surface area contributed by atoms with Crippen molar-refractivity contribution in [1.82, 2.24) is 5.32 Å². The van der Waals surface area contributed by atoms with Crippen LogP contribution in [-0.4, -0.2) is 42.9 Å². The number of aliphatic hydroxyl groups is 1. The predicted octanol–water partition coefficient (Wildman–Crippen LogP) is -0.602. The second-order valence-corrected chi connectivity index (χ2v) is 2.43. The number of hydrogen-bond donors (Lipinski definition) is 4. The minimum atomic E-state index is -0.250. The number of carboxylic acid groups (broad SMARTS) is 1. The molecular formula is C8H20N2O3. The Morgan fingerprint density at radius 1 is 1.23 bits per heavy atom. The Morgan fingerprint density at radius 3 is 2.23 bits per heavy atom. The molecule has 0 atom stereocenters. The van der Waals surface area contributed by atoms with E-state index in [0.29, 0.717) is 0 Å². The Labute approximate surface area is 78.9 Å². The zero-order valence-corrected chi connectivity index (χ0v) is 7.91. The SMILES string of the molecule is NCCCCNCCCO.O=CO. The van der Waals surface area contributed by atoms with Crippen molar-refractivity contribution in [3.8, 4) is 0 Å². The maximum absolute atomic E-state index is 8.41. The van der Waals surface area contributed by atoms with E-state index in [1.807, 2.05) is 0 Å². The van der Waals surface area contributed by atoms with Crippen molar-refractivity contribution < 1.29 is 15.0 Å². The van der Waals surface area contributed by atoms with Crippen molar-refractivity contribution in [2.24, 2.45) is 5.73 Å². The lowest BCUT2D eigenvalue weighted by molar-refractivity contribution is -0.122. The van der Waals surface area contributed by atoms with E-state index in [2.05, 4.69) is 5.32 Å². The number of aliphatic hydroxyl groups excluding tert-OH is 1. The molecule has 13 heavy (non-hydrogen) atoms. The normalized spacial score (nSPS) is 8.77. The quantitative estimate of drug-likeness (QED) is 0.319. The number of unbranched alkanes of at least 4 members (excludes halogenated alkanes) is 1. The molecule has 5 N–H and O–H groups in total. The first-order chi connectivity index (χ1) is 6.33. The zero-order valence-electron chi connectivity index (χ0n) is 7.91. The molecule has 0 fully saturated rings. The maximum Gasteiger partial charge on any atom is 0.290 e. The Balaban J connectivity index is 0. The number of rotatable bonds is 7. The molecule has 0 aliphatic carbocycles. The van der Waals surface area contributed by atoms with Crippen LogP contribution in [0.25, 0.3) is 0 Å². The van der Waals surface area contributed by atoms with Crippen molar-refractivity contribution in [3.63, 3.8) is 0 Å². The second kappa shape index (κ2) is 17.4. The lowest BCUT2D eigenvalue weighted by Gasteiger charge is -2.00. The van der Waals surface area contributed by atoms with Gasteiger partial charge in [-0.1, -0.05) is 0 Å². The molecule has 0 amide bonds. The summed E-state index contributed by atoms with van der Waals surface area (Å²) in [5.74, 6) is 0. The molecule has 80 valence electrons. The number of nitrogens with two attached hydrogens (primary N) is 1. The van der Waals surface area contributed by atoms with Crippen molar-refractivity contribution in [3.05, 3.63) is 0 Å². The number of hydrogen-bond acceptors (Lipinski definition) is 4. The Kier molecular flexibility index (Phi) is 19.9. The van der Waals surface area contributed by atoms with E-state index in [-0.39, 0.29) is 13.1 Å². The third-order valence-corrected chi connectivity index (χ3v) is 1.32. The van der Waals surface area contributed by atoms with Crippen LogP contribution in [0.2, 0.25) is 0 Å². The van der Waals surface area contributed by atoms with Gasteiger partial charge in [0, 0.05) is 6.61 Å². The summed E-state index contributed by atoms with van der Waals surface area (Å²) in [4.78, 5) is 8.36. The van der Waals surface area contributed by atoms with Crippen LogP contribution in [0.1, 0.15) is 19.3 Å². The van der Waals surface area contributed by atoms with E-state index in [9.17, 15) is 0 Å². The van der Waals surface area contributed by atoms with E-state index in [1.165, 1.54) is 0 Å². The summed E-state index contributed by atoms with van der Waals surface area (Å²) in [6, 6.07) is 0. The molecule has 0 unspecified atom stereocenters. The van der Waals surface area contributed by atoms with E-state index >= 15 is 0 Å².